The third kappa shape index (κ3) is 4.92. The van der Waals surface area contributed by atoms with Gasteiger partial charge in [0.1, 0.15) is 5.82 Å². The summed E-state index contributed by atoms with van der Waals surface area (Å²) in [6.07, 6.45) is 6.03. The highest BCUT2D eigenvalue weighted by atomic mass is 35.5. The second kappa shape index (κ2) is 8.11. The number of benzene rings is 1. The van der Waals surface area contributed by atoms with Crippen LogP contribution in [0, 0.1) is 11.7 Å². The summed E-state index contributed by atoms with van der Waals surface area (Å²) in [5, 5.41) is 6.41. The van der Waals surface area contributed by atoms with Crippen molar-refractivity contribution in [1.82, 2.24) is 10.6 Å². The minimum absolute atomic E-state index is 0. The van der Waals surface area contributed by atoms with Crippen molar-refractivity contribution in [3.8, 4) is 0 Å². The molecule has 0 radical (unpaired) electrons. The van der Waals surface area contributed by atoms with E-state index in [9.17, 15) is 9.18 Å². The van der Waals surface area contributed by atoms with Crippen LogP contribution in [0.25, 0.3) is 0 Å². The molecule has 1 aromatic rings. The summed E-state index contributed by atoms with van der Waals surface area (Å²) in [6.45, 7) is 2.80. The highest BCUT2D eigenvalue weighted by Gasteiger charge is 2.44. The first-order chi connectivity index (χ1) is 10.7. The zero-order chi connectivity index (χ0) is 15.4. The lowest BCUT2D eigenvalue weighted by molar-refractivity contribution is -0.121. The van der Waals surface area contributed by atoms with Crippen molar-refractivity contribution in [2.75, 3.05) is 19.6 Å². The molecule has 1 aromatic carbocycles. The fourth-order valence-electron chi connectivity index (χ4n) is 3.40. The zero-order valence-corrected chi connectivity index (χ0v) is 14.3. The van der Waals surface area contributed by atoms with E-state index < -0.39 is 0 Å². The molecule has 0 unspecified atom stereocenters. The molecule has 1 aliphatic heterocycles. The second-order valence-electron chi connectivity index (χ2n) is 6.80. The molecule has 0 bridgehead atoms. The van der Waals surface area contributed by atoms with Crippen LogP contribution >= 0.6 is 12.4 Å². The lowest BCUT2D eigenvalue weighted by Gasteiger charge is -2.22. The Balaban J connectivity index is 0.00000192. The van der Waals surface area contributed by atoms with Crippen LogP contribution < -0.4 is 10.6 Å². The molecule has 1 saturated heterocycles. The van der Waals surface area contributed by atoms with Gasteiger partial charge in [-0.15, -0.1) is 12.4 Å². The highest BCUT2D eigenvalue weighted by molar-refractivity contribution is 5.85. The number of amides is 1. The molecule has 0 aromatic heterocycles. The summed E-state index contributed by atoms with van der Waals surface area (Å²) in [4.78, 5) is 12.1. The maximum atomic E-state index is 13.4. The molecule has 2 fully saturated rings. The minimum atomic E-state index is -0.194. The van der Waals surface area contributed by atoms with Gasteiger partial charge in [0.25, 0.3) is 0 Å². The van der Waals surface area contributed by atoms with Crippen LogP contribution in [0.5, 0.6) is 0 Å². The summed E-state index contributed by atoms with van der Waals surface area (Å²) in [6, 6.07) is 6.80. The summed E-state index contributed by atoms with van der Waals surface area (Å²) < 4.78 is 13.4. The molecule has 1 aliphatic carbocycles. The van der Waals surface area contributed by atoms with Crippen molar-refractivity contribution in [1.29, 1.82) is 0 Å². The van der Waals surface area contributed by atoms with E-state index in [0.717, 1.165) is 37.9 Å². The Morgan fingerprint density at radius 3 is 2.70 bits per heavy atom. The van der Waals surface area contributed by atoms with Gasteiger partial charge in [-0.05, 0) is 68.8 Å². The fraction of sp³-hybridized carbons (Fsp3) is 0.611. The smallest absolute Gasteiger partial charge is 0.220 e. The lowest BCUT2D eigenvalue weighted by atomic mass is 9.93. The molecule has 1 heterocycles. The van der Waals surface area contributed by atoms with Crippen molar-refractivity contribution in [3.05, 3.63) is 35.6 Å². The van der Waals surface area contributed by atoms with E-state index in [4.69, 9.17) is 0 Å². The van der Waals surface area contributed by atoms with Gasteiger partial charge >= 0.3 is 0 Å². The normalized spacial score (nSPS) is 19.7. The molecule has 3 nitrogen and oxygen atoms in total. The molecule has 2 aliphatic rings. The van der Waals surface area contributed by atoms with Crippen molar-refractivity contribution in [2.45, 2.75) is 43.9 Å². The summed E-state index contributed by atoms with van der Waals surface area (Å²) in [5.74, 6) is 0.632. The maximum absolute atomic E-state index is 13.4. The van der Waals surface area contributed by atoms with E-state index in [1.807, 2.05) is 6.07 Å². The topological polar surface area (TPSA) is 41.1 Å². The molecular formula is C18H26ClFN2O. The molecule has 1 amide bonds. The number of halogens is 2. The van der Waals surface area contributed by atoms with Gasteiger partial charge in [-0.25, -0.2) is 4.39 Å². The van der Waals surface area contributed by atoms with E-state index in [-0.39, 0.29) is 29.5 Å². The average Bonchev–Trinajstić information content (AvgIpc) is 3.33. The summed E-state index contributed by atoms with van der Waals surface area (Å²) >= 11 is 0. The van der Waals surface area contributed by atoms with E-state index in [1.165, 1.54) is 18.9 Å². The first-order valence-corrected chi connectivity index (χ1v) is 8.41. The van der Waals surface area contributed by atoms with Crippen molar-refractivity contribution in [3.63, 3.8) is 0 Å². The van der Waals surface area contributed by atoms with Gasteiger partial charge in [0.2, 0.25) is 5.91 Å². The monoisotopic (exact) mass is 340 g/mol. The highest BCUT2D eigenvalue weighted by Crippen LogP contribution is 2.47. The van der Waals surface area contributed by atoms with Crippen molar-refractivity contribution in [2.24, 2.45) is 5.92 Å². The van der Waals surface area contributed by atoms with Crippen LogP contribution in [0.3, 0.4) is 0 Å². The van der Waals surface area contributed by atoms with E-state index in [1.54, 1.807) is 12.1 Å². The SMILES string of the molecule is Cl.O=C(CCC1CCNCC1)NCC1(c2cccc(F)c2)CC1. The summed E-state index contributed by atoms with van der Waals surface area (Å²) in [7, 11) is 0. The second-order valence-corrected chi connectivity index (χ2v) is 6.80. The average molecular weight is 341 g/mol. The minimum Gasteiger partial charge on any atom is -0.355 e. The molecule has 0 spiro atoms. The number of rotatable bonds is 6. The van der Waals surface area contributed by atoms with Crippen LogP contribution in [-0.4, -0.2) is 25.5 Å². The number of carbonyl (C=O) groups excluding carboxylic acids is 1. The number of nitrogens with one attached hydrogen (secondary N) is 2. The number of carbonyl (C=O) groups is 1. The Kier molecular flexibility index (Phi) is 6.42. The Labute approximate surface area is 143 Å². The van der Waals surface area contributed by atoms with Crippen LogP contribution in [0.2, 0.25) is 0 Å². The van der Waals surface area contributed by atoms with Crippen molar-refractivity contribution < 1.29 is 9.18 Å². The number of piperidine rings is 1. The Morgan fingerprint density at radius 1 is 1.30 bits per heavy atom. The molecule has 23 heavy (non-hydrogen) atoms. The number of hydrogen-bond donors (Lipinski definition) is 2. The Hall–Kier alpha value is -1.13. The molecule has 128 valence electrons. The van der Waals surface area contributed by atoms with Gasteiger partial charge in [0.05, 0.1) is 0 Å². The molecule has 5 heteroatoms. The van der Waals surface area contributed by atoms with Gasteiger partial charge in [-0.1, -0.05) is 12.1 Å². The van der Waals surface area contributed by atoms with Gasteiger partial charge < -0.3 is 10.6 Å². The predicted octanol–water partition coefficient (Wildman–Crippen LogP) is 3.18. The van der Waals surface area contributed by atoms with Gasteiger partial charge in [-0.3, -0.25) is 4.79 Å². The Bertz CT molecular complexity index is 528. The fourth-order valence-corrected chi connectivity index (χ4v) is 3.40. The Morgan fingerprint density at radius 2 is 2.04 bits per heavy atom. The molecule has 0 atom stereocenters. The van der Waals surface area contributed by atoms with Crippen LogP contribution in [0.15, 0.2) is 24.3 Å². The van der Waals surface area contributed by atoms with Crippen molar-refractivity contribution >= 4 is 18.3 Å². The molecule has 3 rings (SSSR count). The van der Waals surface area contributed by atoms with E-state index in [2.05, 4.69) is 10.6 Å². The maximum Gasteiger partial charge on any atom is 0.220 e. The van der Waals surface area contributed by atoms with E-state index in [0.29, 0.717) is 18.9 Å². The van der Waals surface area contributed by atoms with Gasteiger partial charge in [0, 0.05) is 18.4 Å². The molecule has 2 N–H and O–H groups in total. The van der Waals surface area contributed by atoms with Gasteiger partial charge in [-0.2, -0.15) is 0 Å². The lowest BCUT2D eigenvalue weighted by Crippen LogP contribution is -2.33. The summed E-state index contributed by atoms with van der Waals surface area (Å²) in [5.41, 5.74) is 0.998. The first kappa shape index (κ1) is 18.2. The standard InChI is InChI=1S/C18H25FN2O.ClH/c19-16-3-1-2-15(12-16)18(8-9-18)13-21-17(22)5-4-14-6-10-20-11-7-14;/h1-3,12,14,20H,4-11,13H2,(H,21,22);1H. The van der Waals surface area contributed by atoms with Gasteiger partial charge in [0.15, 0.2) is 0 Å². The van der Waals surface area contributed by atoms with Crippen LogP contribution in [0.4, 0.5) is 4.39 Å². The number of hydrogen-bond acceptors (Lipinski definition) is 2. The van der Waals surface area contributed by atoms with E-state index >= 15 is 0 Å². The van der Waals surface area contributed by atoms with Crippen LogP contribution in [-0.2, 0) is 10.2 Å². The van der Waals surface area contributed by atoms with Crippen LogP contribution in [0.1, 0.15) is 44.1 Å². The third-order valence-corrected chi connectivity index (χ3v) is 5.15. The molecular weight excluding hydrogens is 315 g/mol. The molecule has 1 saturated carbocycles. The third-order valence-electron chi connectivity index (χ3n) is 5.15. The predicted molar refractivity (Wildman–Crippen MR) is 92.4 cm³/mol. The largest absolute Gasteiger partial charge is 0.355 e. The zero-order valence-electron chi connectivity index (χ0n) is 13.4. The quantitative estimate of drug-likeness (QED) is 0.835. The first-order valence-electron chi connectivity index (χ1n) is 8.41.